The lowest BCUT2D eigenvalue weighted by molar-refractivity contribution is -0.137. The molecule has 0 aliphatic carbocycles. The van der Waals surface area contributed by atoms with Crippen LogP contribution in [0.25, 0.3) is 0 Å². The largest absolute Gasteiger partial charge is 0.494 e. The first-order valence-corrected chi connectivity index (χ1v) is 7.58. The number of carbonyl (C=O) groups is 2. The highest BCUT2D eigenvalue weighted by atomic mass is 32.2. The van der Waals surface area contributed by atoms with Gasteiger partial charge < -0.3 is 14.5 Å². The van der Waals surface area contributed by atoms with E-state index in [1.54, 1.807) is 13.1 Å². The van der Waals surface area contributed by atoms with Gasteiger partial charge in [0.25, 0.3) is 0 Å². The van der Waals surface area contributed by atoms with E-state index >= 15 is 0 Å². The molecule has 0 atom stereocenters. The van der Waals surface area contributed by atoms with Crippen LogP contribution in [0.5, 0.6) is 5.75 Å². The molecular weight excluding hydrogens is 295 g/mol. The van der Waals surface area contributed by atoms with Gasteiger partial charge in [-0.3, -0.25) is 9.59 Å². The van der Waals surface area contributed by atoms with Crippen molar-refractivity contribution in [3.05, 3.63) is 29.6 Å². The number of methoxy groups -OCH3 is 1. The summed E-state index contributed by atoms with van der Waals surface area (Å²) in [6.45, 7) is 0.357. The second kappa shape index (κ2) is 6.80. The summed E-state index contributed by atoms with van der Waals surface area (Å²) in [5, 5.41) is 0. The Balaban J connectivity index is 1.94. The summed E-state index contributed by atoms with van der Waals surface area (Å²) in [6.07, 6.45) is 0. The summed E-state index contributed by atoms with van der Waals surface area (Å²) in [4.78, 5) is 26.5. The van der Waals surface area contributed by atoms with Gasteiger partial charge in [0.15, 0.2) is 11.6 Å². The van der Waals surface area contributed by atoms with Gasteiger partial charge in [0.2, 0.25) is 11.8 Å². The third kappa shape index (κ3) is 3.87. The number of hydrogen-bond donors (Lipinski definition) is 0. The van der Waals surface area contributed by atoms with E-state index in [1.807, 2.05) is 0 Å². The van der Waals surface area contributed by atoms with Gasteiger partial charge in [0, 0.05) is 13.6 Å². The zero-order valence-electron chi connectivity index (χ0n) is 12.0. The van der Waals surface area contributed by atoms with Gasteiger partial charge in [-0.1, -0.05) is 6.07 Å². The molecule has 0 aromatic heterocycles. The molecule has 0 radical (unpaired) electrons. The average Bonchev–Trinajstić information content (AvgIpc) is 2.84. The maximum Gasteiger partial charge on any atom is 0.242 e. The zero-order chi connectivity index (χ0) is 15.4. The molecule has 0 bridgehead atoms. The molecular formula is C14H17FN2O3S. The summed E-state index contributed by atoms with van der Waals surface area (Å²) in [5.41, 5.74) is 0.672. The highest BCUT2D eigenvalue weighted by molar-refractivity contribution is 8.00. The quantitative estimate of drug-likeness (QED) is 0.823. The third-order valence-corrected chi connectivity index (χ3v) is 4.16. The summed E-state index contributed by atoms with van der Waals surface area (Å²) < 4.78 is 18.4. The first kappa shape index (κ1) is 15.6. The molecule has 114 valence electrons. The molecule has 1 saturated heterocycles. The van der Waals surface area contributed by atoms with Crippen LogP contribution < -0.4 is 4.74 Å². The maximum atomic E-state index is 13.6. The minimum absolute atomic E-state index is 0.0164. The first-order valence-electron chi connectivity index (χ1n) is 6.43. The highest BCUT2D eigenvalue weighted by Gasteiger charge is 2.24. The van der Waals surface area contributed by atoms with Crippen LogP contribution in [0.3, 0.4) is 0 Å². The number of halogens is 1. The van der Waals surface area contributed by atoms with Crippen LogP contribution >= 0.6 is 11.8 Å². The van der Waals surface area contributed by atoms with E-state index in [1.165, 1.54) is 40.8 Å². The Hall–Kier alpha value is -1.76. The Kier molecular flexibility index (Phi) is 5.06. The number of rotatable bonds is 5. The van der Waals surface area contributed by atoms with Crippen LogP contribution in [0, 0.1) is 5.82 Å². The summed E-state index contributed by atoms with van der Waals surface area (Å²) in [6, 6.07) is 4.59. The number of nitrogens with zero attached hydrogens (tertiary/aromatic N) is 2. The van der Waals surface area contributed by atoms with Gasteiger partial charge in [0.05, 0.1) is 18.7 Å². The fourth-order valence-corrected chi connectivity index (χ4v) is 2.90. The van der Waals surface area contributed by atoms with Crippen molar-refractivity contribution in [2.75, 3.05) is 32.3 Å². The average molecular weight is 312 g/mol. The van der Waals surface area contributed by atoms with Crippen LogP contribution in [-0.4, -0.2) is 53.9 Å². The van der Waals surface area contributed by atoms with Crippen molar-refractivity contribution in [3.63, 3.8) is 0 Å². The molecule has 7 heteroatoms. The lowest BCUT2D eigenvalue weighted by Crippen LogP contribution is -2.38. The Morgan fingerprint density at radius 3 is 2.86 bits per heavy atom. The Bertz CT molecular complexity index is 553. The van der Waals surface area contributed by atoms with Crippen molar-refractivity contribution in [2.24, 2.45) is 0 Å². The van der Waals surface area contributed by atoms with Crippen LogP contribution in [0.1, 0.15) is 5.56 Å². The van der Waals surface area contributed by atoms with E-state index in [4.69, 9.17) is 4.74 Å². The minimum Gasteiger partial charge on any atom is -0.494 e. The summed E-state index contributed by atoms with van der Waals surface area (Å²) in [7, 11) is 3.04. The molecule has 1 aliphatic rings. The molecule has 2 amide bonds. The Morgan fingerprint density at radius 2 is 2.29 bits per heavy atom. The Morgan fingerprint density at radius 1 is 1.52 bits per heavy atom. The molecule has 1 aliphatic heterocycles. The number of ether oxygens (including phenoxy) is 1. The molecule has 1 heterocycles. The molecule has 0 spiro atoms. The van der Waals surface area contributed by atoms with Crippen LogP contribution in [-0.2, 0) is 16.1 Å². The summed E-state index contributed by atoms with van der Waals surface area (Å²) in [5.74, 6) is 0.518. The lowest BCUT2D eigenvalue weighted by Gasteiger charge is -2.21. The number of carbonyl (C=O) groups excluding carboxylic acids is 2. The molecule has 0 saturated carbocycles. The fourth-order valence-electron chi connectivity index (χ4n) is 1.99. The van der Waals surface area contributed by atoms with E-state index in [-0.39, 0.29) is 30.7 Å². The predicted octanol–water partition coefficient (Wildman–Crippen LogP) is 1.33. The topological polar surface area (TPSA) is 49.9 Å². The fraction of sp³-hybridized carbons (Fsp3) is 0.429. The highest BCUT2D eigenvalue weighted by Crippen LogP contribution is 2.19. The molecule has 2 rings (SSSR count). The van der Waals surface area contributed by atoms with Gasteiger partial charge in [0.1, 0.15) is 6.54 Å². The minimum atomic E-state index is -0.457. The molecule has 0 N–H and O–H groups in total. The zero-order valence-corrected chi connectivity index (χ0v) is 12.8. The molecule has 5 nitrogen and oxygen atoms in total. The Labute approximate surface area is 127 Å². The van der Waals surface area contributed by atoms with Crippen molar-refractivity contribution >= 4 is 23.6 Å². The molecule has 1 aromatic rings. The van der Waals surface area contributed by atoms with Gasteiger partial charge in [-0.2, -0.15) is 0 Å². The van der Waals surface area contributed by atoms with Crippen LogP contribution in [0.2, 0.25) is 0 Å². The van der Waals surface area contributed by atoms with Gasteiger partial charge in [-0.15, -0.1) is 11.8 Å². The van der Waals surface area contributed by atoms with Crippen molar-refractivity contribution in [2.45, 2.75) is 6.54 Å². The van der Waals surface area contributed by atoms with Crippen molar-refractivity contribution < 1.29 is 18.7 Å². The van der Waals surface area contributed by atoms with Gasteiger partial charge in [-0.05, 0) is 17.7 Å². The number of amides is 2. The van der Waals surface area contributed by atoms with E-state index in [0.29, 0.717) is 17.2 Å². The smallest absolute Gasteiger partial charge is 0.242 e. The second-order valence-corrected chi connectivity index (χ2v) is 5.74. The number of hydrogen-bond acceptors (Lipinski definition) is 4. The van der Waals surface area contributed by atoms with Crippen LogP contribution in [0.4, 0.5) is 4.39 Å². The van der Waals surface area contributed by atoms with E-state index in [9.17, 15) is 14.0 Å². The SMILES string of the molecule is COc1ccc(CN(C)C(=O)CN2CSCC2=O)cc1F. The van der Waals surface area contributed by atoms with E-state index in [0.717, 1.165) is 0 Å². The van der Waals surface area contributed by atoms with E-state index in [2.05, 4.69) is 0 Å². The molecule has 21 heavy (non-hydrogen) atoms. The standard InChI is InChI=1S/C14H17FN2O3S/c1-16(13(18)7-17-9-21-8-14(17)19)6-10-3-4-12(20-2)11(15)5-10/h3-5H,6-9H2,1-2H3. The maximum absolute atomic E-state index is 13.6. The third-order valence-electron chi connectivity index (χ3n) is 3.21. The number of likely N-dealkylation sites (N-methyl/N-ethyl adjacent to an activating group) is 1. The van der Waals surface area contributed by atoms with Crippen LogP contribution in [0.15, 0.2) is 18.2 Å². The van der Waals surface area contributed by atoms with Crippen molar-refractivity contribution in [3.8, 4) is 5.75 Å². The number of thioether (sulfide) groups is 1. The molecule has 0 unspecified atom stereocenters. The van der Waals surface area contributed by atoms with Crippen molar-refractivity contribution in [1.82, 2.24) is 9.80 Å². The van der Waals surface area contributed by atoms with Crippen molar-refractivity contribution in [1.29, 1.82) is 0 Å². The monoisotopic (exact) mass is 312 g/mol. The normalized spacial score (nSPS) is 14.4. The molecule has 1 aromatic carbocycles. The van der Waals surface area contributed by atoms with E-state index < -0.39 is 5.82 Å². The predicted molar refractivity (Wildman–Crippen MR) is 78.5 cm³/mol. The second-order valence-electron chi connectivity index (χ2n) is 4.79. The molecule has 1 fully saturated rings. The van der Waals surface area contributed by atoms with Gasteiger partial charge in [-0.25, -0.2) is 4.39 Å². The lowest BCUT2D eigenvalue weighted by atomic mass is 10.2. The summed E-state index contributed by atoms with van der Waals surface area (Å²) >= 11 is 1.50. The first-order chi connectivity index (χ1) is 10.0. The number of benzene rings is 1. The van der Waals surface area contributed by atoms with Gasteiger partial charge >= 0.3 is 0 Å².